The van der Waals surface area contributed by atoms with Crippen LogP contribution >= 0.6 is 11.6 Å². The number of rotatable bonds is 3. The van der Waals surface area contributed by atoms with Crippen LogP contribution in [0.25, 0.3) is 0 Å². The Hall–Kier alpha value is -2.07. The first-order valence-corrected chi connectivity index (χ1v) is 6.33. The van der Waals surface area contributed by atoms with Gasteiger partial charge in [-0.3, -0.25) is 0 Å². The molecule has 0 saturated heterocycles. The molecule has 0 fully saturated rings. The van der Waals surface area contributed by atoms with Gasteiger partial charge in [-0.1, -0.05) is 35.9 Å². The molecule has 2 aromatic carbocycles. The fraction of sp³-hybridized carbons (Fsp3) is 0.133. The van der Waals surface area contributed by atoms with Crippen molar-refractivity contribution < 1.29 is 13.9 Å². The number of esters is 1. The minimum atomic E-state index is -0.563. The van der Waals surface area contributed by atoms with Gasteiger partial charge in [0.15, 0.2) is 0 Å². The molecule has 0 radical (unpaired) electrons. The molecule has 0 atom stereocenters. The molecule has 0 aromatic heterocycles. The Balaban J connectivity index is 2.13. The number of hydrogen-bond acceptors (Lipinski definition) is 3. The molecule has 2 N–H and O–H groups in total. The van der Waals surface area contributed by atoms with E-state index in [4.69, 9.17) is 22.1 Å². The highest BCUT2D eigenvalue weighted by atomic mass is 35.5. The third-order valence-electron chi connectivity index (χ3n) is 2.93. The summed E-state index contributed by atoms with van der Waals surface area (Å²) in [7, 11) is 0. The average Bonchev–Trinajstić information content (AvgIpc) is 2.43. The maximum atomic E-state index is 13.3. The van der Waals surface area contributed by atoms with Gasteiger partial charge >= 0.3 is 5.97 Å². The summed E-state index contributed by atoms with van der Waals surface area (Å²) in [6, 6.07) is 9.45. The summed E-state index contributed by atoms with van der Waals surface area (Å²) < 4.78 is 18.4. The molecule has 0 bridgehead atoms. The molecular formula is C15H13ClFNO2. The van der Waals surface area contributed by atoms with Crippen molar-refractivity contribution >= 4 is 23.3 Å². The van der Waals surface area contributed by atoms with Gasteiger partial charge in [-0.25, -0.2) is 9.18 Å². The summed E-state index contributed by atoms with van der Waals surface area (Å²) in [6.07, 6.45) is 0. The van der Waals surface area contributed by atoms with E-state index in [9.17, 15) is 9.18 Å². The van der Waals surface area contributed by atoms with E-state index in [0.29, 0.717) is 11.3 Å². The standard InChI is InChI=1S/C15H13ClFNO2/c1-9-4-2-6-11(14(9)18)15(19)20-8-10-5-3-7-12(17)13(10)16/h2-7H,8,18H2,1H3. The molecule has 2 rings (SSSR count). The number of nitrogen functional groups attached to an aromatic ring is 1. The van der Waals surface area contributed by atoms with Crippen molar-refractivity contribution in [3.8, 4) is 0 Å². The summed E-state index contributed by atoms with van der Waals surface area (Å²) >= 11 is 5.79. The number of aryl methyl sites for hydroxylation is 1. The van der Waals surface area contributed by atoms with Gasteiger partial charge in [0.1, 0.15) is 12.4 Å². The fourth-order valence-corrected chi connectivity index (χ4v) is 1.92. The zero-order chi connectivity index (χ0) is 14.7. The second-order valence-corrected chi connectivity index (χ2v) is 4.70. The molecule has 0 aliphatic heterocycles. The van der Waals surface area contributed by atoms with Gasteiger partial charge in [0.05, 0.1) is 10.6 Å². The van der Waals surface area contributed by atoms with Crippen LogP contribution in [0.5, 0.6) is 0 Å². The summed E-state index contributed by atoms with van der Waals surface area (Å²) in [6.45, 7) is 1.69. The second-order valence-electron chi connectivity index (χ2n) is 4.33. The molecule has 0 aliphatic rings. The van der Waals surface area contributed by atoms with Crippen LogP contribution in [0.4, 0.5) is 10.1 Å². The first kappa shape index (κ1) is 14.3. The lowest BCUT2D eigenvalue weighted by Gasteiger charge is -2.09. The summed E-state index contributed by atoms with van der Waals surface area (Å²) in [5.74, 6) is -1.11. The lowest BCUT2D eigenvalue weighted by molar-refractivity contribution is 0.0473. The van der Waals surface area contributed by atoms with Gasteiger partial charge in [-0.2, -0.15) is 0 Å². The van der Waals surface area contributed by atoms with Gasteiger partial charge in [-0.15, -0.1) is 0 Å². The maximum absolute atomic E-state index is 13.3. The van der Waals surface area contributed by atoms with Crippen molar-refractivity contribution in [3.05, 3.63) is 63.9 Å². The van der Waals surface area contributed by atoms with Crippen LogP contribution in [0.1, 0.15) is 21.5 Å². The van der Waals surface area contributed by atoms with E-state index in [-0.39, 0.29) is 17.2 Å². The minimum Gasteiger partial charge on any atom is -0.457 e. The number of ether oxygens (including phenoxy) is 1. The number of carbonyl (C=O) groups is 1. The maximum Gasteiger partial charge on any atom is 0.340 e. The molecule has 104 valence electrons. The highest BCUT2D eigenvalue weighted by Gasteiger charge is 2.14. The number of halogens is 2. The van der Waals surface area contributed by atoms with Gasteiger partial charge in [-0.05, 0) is 24.6 Å². The summed E-state index contributed by atoms with van der Waals surface area (Å²) in [5, 5.41) is -0.0440. The van der Waals surface area contributed by atoms with E-state index >= 15 is 0 Å². The Labute approximate surface area is 121 Å². The molecule has 0 amide bonds. The van der Waals surface area contributed by atoms with Crippen LogP contribution in [-0.4, -0.2) is 5.97 Å². The van der Waals surface area contributed by atoms with Crippen molar-refractivity contribution in [2.24, 2.45) is 0 Å². The fourth-order valence-electron chi connectivity index (χ4n) is 1.74. The van der Waals surface area contributed by atoms with E-state index in [1.807, 2.05) is 0 Å². The lowest BCUT2D eigenvalue weighted by Crippen LogP contribution is -2.09. The number of hydrogen-bond donors (Lipinski definition) is 1. The van der Waals surface area contributed by atoms with Crippen LogP contribution in [0, 0.1) is 12.7 Å². The number of para-hydroxylation sites is 1. The monoisotopic (exact) mass is 293 g/mol. The Morgan fingerprint density at radius 1 is 1.30 bits per heavy atom. The molecule has 2 aromatic rings. The van der Waals surface area contributed by atoms with Crippen LogP contribution in [0.15, 0.2) is 36.4 Å². The highest BCUT2D eigenvalue weighted by Crippen LogP contribution is 2.22. The molecule has 20 heavy (non-hydrogen) atoms. The quantitative estimate of drug-likeness (QED) is 0.693. The van der Waals surface area contributed by atoms with Crippen LogP contribution in [0.2, 0.25) is 5.02 Å². The zero-order valence-electron chi connectivity index (χ0n) is 10.8. The molecule has 0 saturated carbocycles. The van der Waals surface area contributed by atoms with Crippen LogP contribution in [0.3, 0.4) is 0 Å². The normalized spacial score (nSPS) is 10.3. The van der Waals surface area contributed by atoms with Crippen LogP contribution in [-0.2, 0) is 11.3 Å². The van der Waals surface area contributed by atoms with Gasteiger partial charge < -0.3 is 10.5 Å². The number of nitrogens with two attached hydrogens (primary N) is 1. The van der Waals surface area contributed by atoms with Crippen molar-refractivity contribution in [3.63, 3.8) is 0 Å². The third kappa shape index (κ3) is 2.91. The van der Waals surface area contributed by atoms with Gasteiger partial charge in [0.25, 0.3) is 0 Å². The van der Waals surface area contributed by atoms with E-state index in [1.54, 1.807) is 31.2 Å². The Morgan fingerprint density at radius 2 is 2.00 bits per heavy atom. The molecule has 0 heterocycles. The second kappa shape index (κ2) is 5.92. The minimum absolute atomic E-state index is 0.0440. The van der Waals surface area contributed by atoms with E-state index in [1.165, 1.54) is 12.1 Å². The molecule has 0 spiro atoms. The molecule has 0 aliphatic carbocycles. The van der Waals surface area contributed by atoms with Gasteiger partial charge in [0, 0.05) is 11.3 Å². The Bertz CT molecular complexity index is 658. The Kier molecular flexibility index (Phi) is 4.25. The summed E-state index contributed by atoms with van der Waals surface area (Å²) in [5.41, 5.74) is 7.69. The number of carbonyl (C=O) groups excluding carboxylic acids is 1. The van der Waals surface area contributed by atoms with Crippen molar-refractivity contribution in [1.29, 1.82) is 0 Å². The van der Waals surface area contributed by atoms with Crippen molar-refractivity contribution in [1.82, 2.24) is 0 Å². The third-order valence-corrected chi connectivity index (χ3v) is 3.36. The predicted octanol–water partition coefficient (Wildman–Crippen LogP) is 3.73. The Morgan fingerprint density at radius 3 is 2.75 bits per heavy atom. The largest absolute Gasteiger partial charge is 0.457 e. The molecular weight excluding hydrogens is 281 g/mol. The zero-order valence-corrected chi connectivity index (χ0v) is 11.6. The number of benzene rings is 2. The van der Waals surface area contributed by atoms with E-state index in [0.717, 1.165) is 5.56 Å². The predicted molar refractivity (Wildman–Crippen MR) is 76.1 cm³/mol. The van der Waals surface area contributed by atoms with Crippen molar-refractivity contribution in [2.45, 2.75) is 13.5 Å². The molecule has 5 heteroatoms. The first-order chi connectivity index (χ1) is 9.50. The van der Waals surface area contributed by atoms with E-state index < -0.39 is 11.8 Å². The SMILES string of the molecule is Cc1cccc(C(=O)OCc2cccc(F)c2Cl)c1N. The van der Waals surface area contributed by atoms with Crippen molar-refractivity contribution in [2.75, 3.05) is 5.73 Å². The van der Waals surface area contributed by atoms with Gasteiger partial charge in [0.2, 0.25) is 0 Å². The molecule has 0 unspecified atom stereocenters. The highest BCUT2D eigenvalue weighted by molar-refractivity contribution is 6.31. The smallest absolute Gasteiger partial charge is 0.340 e. The number of anilines is 1. The van der Waals surface area contributed by atoms with Crippen LogP contribution < -0.4 is 5.73 Å². The summed E-state index contributed by atoms with van der Waals surface area (Å²) in [4.78, 5) is 11.9. The first-order valence-electron chi connectivity index (χ1n) is 5.96. The topological polar surface area (TPSA) is 52.3 Å². The lowest BCUT2D eigenvalue weighted by atomic mass is 10.1. The molecule has 3 nitrogen and oxygen atoms in total. The van der Waals surface area contributed by atoms with E-state index in [2.05, 4.69) is 0 Å². The average molecular weight is 294 g/mol.